The van der Waals surface area contributed by atoms with Crippen LogP contribution >= 0.6 is 23.2 Å². The van der Waals surface area contributed by atoms with Crippen LogP contribution in [0.15, 0.2) is 60.7 Å². The third-order valence-electron chi connectivity index (χ3n) is 4.44. The lowest BCUT2D eigenvalue weighted by Gasteiger charge is -2.11. The highest BCUT2D eigenvalue weighted by atomic mass is 35.5. The lowest BCUT2D eigenvalue weighted by Crippen LogP contribution is -1.98. The number of ether oxygens (including phenoxy) is 1. The van der Waals surface area contributed by atoms with Crippen LogP contribution in [0, 0.1) is 17.1 Å². The van der Waals surface area contributed by atoms with E-state index in [-0.39, 0.29) is 12.4 Å². The zero-order chi connectivity index (χ0) is 21.1. The largest absolute Gasteiger partial charge is 0.488 e. The Balaban J connectivity index is 1.64. The Kier molecular flexibility index (Phi) is 5.71. The maximum atomic E-state index is 13.4. The maximum Gasteiger partial charge on any atom is 0.149 e. The van der Waals surface area contributed by atoms with E-state index >= 15 is 0 Å². The van der Waals surface area contributed by atoms with Crippen molar-refractivity contribution in [3.63, 3.8) is 0 Å². The number of hydrogen-bond acceptors (Lipinski definition) is 3. The van der Waals surface area contributed by atoms with Gasteiger partial charge in [0.2, 0.25) is 0 Å². The Bertz CT molecular complexity index is 1310. The van der Waals surface area contributed by atoms with Crippen molar-refractivity contribution in [2.45, 2.75) is 6.61 Å². The van der Waals surface area contributed by atoms with Crippen molar-refractivity contribution in [1.82, 2.24) is 9.97 Å². The third-order valence-corrected chi connectivity index (χ3v) is 5.02. The van der Waals surface area contributed by atoms with Crippen LogP contribution in [0.4, 0.5) is 4.39 Å². The summed E-state index contributed by atoms with van der Waals surface area (Å²) in [7, 11) is 0. The van der Waals surface area contributed by atoms with Gasteiger partial charge in [0.1, 0.15) is 30.1 Å². The Hall–Kier alpha value is -3.33. The first-order valence-electron chi connectivity index (χ1n) is 8.96. The highest BCUT2D eigenvalue weighted by molar-refractivity contribution is 6.35. The number of nitrogens with zero attached hydrogens (tertiary/aromatic N) is 2. The summed E-state index contributed by atoms with van der Waals surface area (Å²) in [6.07, 6.45) is 1.67. The van der Waals surface area contributed by atoms with E-state index in [4.69, 9.17) is 27.9 Å². The number of nitriles is 1. The SMILES string of the molecule is N#C/C(=C/c1ccccc1OCc1ccc(Cl)cc1Cl)c1nc2ccc(F)cc2[nH]1. The van der Waals surface area contributed by atoms with Gasteiger partial charge in [0.15, 0.2) is 0 Å². The molecule has 0 spiro atoms. The molecule has 30 heavy (non-hydrogen) atoms. The van der Waals surface area contributed by atoms with Gasteiger partial charge in [-0.15, -0.1) is 0 Å². The van der Waals surface area contributed by atoms with Crippen LogP contribution in [0.1, 0.15) is 17.0 Å². The molecule has 4 nitrogen and oxygen atoms in total. The van der Waals surface area contributed by atoms with Gasteiger partial charge in [0.05, 0.1) is 16.6 Å². The van der Waals surface area contributed by atoms with Gasteiger partial charge in [-0.2, -0.15) is 5.26 Å². The first kappa shape index (κ1) is 20.0. The molecule has 0 saturated heterocycles. The van der Waals surface area contributed by atoms with E-state index in [9.17, 15) is 9.65 Å². The minimum absolute atomic E-state index is 0.243. The molecule has 0 radical (unpaired) electrons. The van der Waals surface area contributed by atoms with Crippen molar-refractivity contribution in [1.29, 1.82) is 5.26 Å². The number of halogens is 3. The van der Waals surface area contributed by atoms with Crippen molar-refractivity contribution in [3.05, 3.63) is 93.5 Å². The molecule has 0 fully saturated rings. The van der Waals surface area contributed by atoms with Crippen LogP contribution in [0.25, 0.3) is 22.7 Å². The summed E-state index contributed by atoms with van der Waals surface area (Å²) in [6, 6.07) is 18.9. The molecule has 7 heteroatoms. The predicted octanol–water partition coefficient (Wildman–Crippen LogP) is 6.65. The number of hydrogen-bond donors (Lipinski definition) is 1. The topological polar surface area (TPSA) is 61.7 Å². The van der Waals surface area contributed by atoms with Gasteiger partial charge in [-0.1, -0.05) is 47.5 Å². The predicted molar refractivity (Wildman–Crippen MR) is 117 cm³/mol. The molecule has 1 N–H and O–H groups in total. The molecule has 1 heterocycles. The van der Waals surface area contributed by atoms with E-state index in [2.05, 4.69) is 16.0 Å². The molecular weight excluding hydrogens is 424 g/mol. The average molecular weight is 438 g/mol. The second-order valence-electron chi connectivity index (χ2n) is 6.48. The molecular formula is C23H14Cl2FN3O. The molecule has 0 amide bonds. The van der Waals surface area contributed by atoms with Crippen LogP contribution in [-0.2, 0) is 6.61 Å². The molecule has 148 valence electrons. The van der Waals surface area contributed by atoms with Gasteiger partial charge < -0.3 is 9.72 Å². The van der Waals surface area contributed by atoms with Crippen LogP contribution in [-0.4, -0.2) is 9.97 Å². The third kappa shape index (κ3) is 4.30. The van der Waals surface area contributed by atoms with Crippen molar-refractivity contribution >= 4 is 45.9 Å². The fourth-order valence-electron chi connectivity index (χ4n) is 2.94. The molecule has 0 aliphatic carbocycles. The molecule has 0 unspecified atom stereocenters. The van der Waals surface area contributed by atoms with Gasteiger partial charge in [-0.25, -0.2) is 9.37 Å². The number of benzene rings is 3. The Morgan fingerprint density at radius 3 is 2.77 bits per heavy atom. The number of imidazole rings is 1. The van der Waals surface area contributed by atoms with Crippen LogP contribution in [0.3, 0.4) is 0 Å². The van der Waals surface area contributed by atoms with Gasteiger partial charge in [0.25, 0.3) is 0 Å². The highest BCUT2D eigenvalue weighted by Gasteiger charge is 2.11. The average Bonchev–Trinajstić information content (AvgIpc) is 3.15. The number of H-pyrrole nitrogens is 1. The van der Waals surface area contributed by atoms with E-state index in [1.165, 1.54) is 12.1 Å². The summed E-state index contributed by atoms with van der Waals surface area (Å²) in [4.78, 5) is 7.37. The van der Waals surface area contributed by atoms with Crippen molar-refractivity contribution in [3.8, 4) is 11.8 Å². The first-order chi connectivity index (χ1) is 14.5. The van der Waals surface area contributed by atoms with E-state index < -0.39 is 0 Å². The Morgan fingerprint density at radius 2 is 1.97 bits per heavy atom. The molecule has 1 aromatic heterocycles. The lowest BCUT2D eigenvalue weighted by atomic mass is 10.1. The van der Waals surface area contributed by atoms with Crippen LogP contribution < -0.4 is 4.74 Å². The van der Waals surface area contributed by atoms with Crippen molar-refractivity contribution in [2.24, 2.45) is 0 Å². The quantitative estimate of drug-likeness (QED) is 0.355. The molecule has 0 atom stereocenters. The molecule has 3 aromatic carbocycles. The number of para-hydroxylation sites is 1. The van der Waals surface area contributed by atoms with Crippen LogP contribution in [0.5, 0.6) is 5.75 Å². The fraction of sp³-hybridized carbons (Fsp3) is 0.0435. The number of rotatable bonds is 5. The molecule has 0 saturated carbocycles. The van der Waals surface area contributed by atoms with E-state index in [0.717, 1.165) is 5.56 Å². The minimum atomic E-state index is -0.375. The van der Waals surface area contributed by atoms with E-state index in [1.807, 2.05) is 18.2 Å². The standard InChI is InChI=1S/C23H14Cl2FN3O/c24-17-6-5-15(19(25)10-17)13-30-22-4-2-1-3-14(22)9-16(12-27)23-28-20-8-7-18(26)11-21(20)29-23/h1-11H,13H2,(H,28,29)/b16-9-. The minimum Gasteiger partial charge on any atom is -0.488 e. The fourth-order valence-corrected chi connectivity index (χ4v) is 3.41. The molecule has 0 aliphatic heterocycles. The number of aromatic amines is 1. The maximum absolute atomic E-state index is 13.4. The zero-order valence-corrected chi connectivity index (χ0v) is 17.0. The summed E-state index contributed by atoms with van der Waals surface area (Å²) in [5.41, 5.74) is 2.89. The highest BCUT2D eigenvalue weighted by Crippen LogP contribution is 2.27. The lowest BCUT2D eigenvalue weighted by molar-refractivity contribution is 0.305. The normalized spacial score (nSPS) is 11.5. The Labute approximate surface area is 182 Å². The van der Waals surface area contributed by atoms with Crippen LogP contribution in [0.2, 0.25) is 10.0 Å². The molecule has 4 rings (SSSR count). The molecule has 0 aliphatic rings. The summed E-state index contributed by atoms with van der Waals surface area (Å²) in [6.45, 7) is 0.243. The zero-order valence-electron chi connectivity index (χ0n) is 15.5. The Morgan fingerprint density at radius 1 is 1.13 bits per heavy atom. The summed E-state index contributed by atoms with van der Waals surface area (Å²) >= 11 is 12.1. The smallest absolute Gasteiger partial charge is 0.149 e. The second-order valence-corrected chi connectivity index (χ2v) is 7.32. The van der Waals surface area contributed by atoms with Gasteiger partial charge in [-0.05, 0) is 42.5 Å². The number of aromatic nitrogens is 2. The summed E-state index contributed by atoms with van der Waals surface area (Å²) in [5.74, 6) is 0.562. The van der Waals surface area contributed by atoms with Gasteiger partial charge in [0, 0.05) is 21.2 Å². The van der Waals surface area contributed by atoms with E-state index in [0.29, 0.717) is 43.8 Å². The van der Waals surface area contributed by atoms with Crippen molar-refractivity contribution in [2.75, 3.05) is 0 Å². The monoisotopic (exact) mass is 437 g/mol. The summed E-state index contributed by atoms with van der Waals surface area (Å²) < 4.78 is 19.4. The van der Waals surface area contributed by atoms with Gasteiger partial charge in [-0.3, -0.25) is 0 Å². The second kappa shape index (κ2) is 8.58. The number of allylic oxidation sites excluding steroid dienone is 1. The molecule has 0 bridgehead atoms. The van der Waals surface area contributed by atoms with Crippen molar-refractivity contribution < 1.29 is 9.13 Å². The van der Waals surface area contributed by atoms with E-state index in [1.54, 1.807) is 36.4 Å². The number of nitrogens with one attached hydrogen (secondary N) is 1. The molecule has 4 aromatic rings. The first-order valence-corrected chi connectivity index (χ1v) is 9.72. The summed E-state index contributed by atoms with van der Waals surface area (Å²) in [5, 5.41) is 10.7. The van der Waals surface area contributed by atoms with Gasteiger partial charge >= 0.3 is 0 Å². The number of fused-ring (bicyclic) bond motifs is 1.